The molecule has 2 aliphatic carbocycles. The minimum absolute atomic E-state index is 0.166. The topological polar surface area (TPSA) is 43.9 Å². The maximum atomic E-state index is 9.74. The highest BCUT2D eigenvalue weighted by atomic mass is 16.5. The van der Waals surface area contributed by atoms with Crippen LogP contribution >= 0.6 is 0 Å². The van der Waals surface area contributed by atoms with Crippen LogP contribution in [-0.2, 0) is 10.8 Å². The largest absolute Gasteiger partial charge is 0.456 e. The lowest BCUT2D eigenvalue weighted by Gasteiger charge is -2.31. The van der Waals surface area contributed by atoms with Crippen molar-refractivity contribution in [3.05, 3.63) is 221 Å². The second-order valence-corrected chi connectivity index (χ2v) is 18.4. The standard InChI is InChI=1S/C60H42N4O/c1-59(2)51-14-8-6-11-44(51)46-28-25-41(33-53(46)59)63(39-23-19-38(62-5)20-24-39)43-27-30-48-49-31-32-55(50-13-10-16-56(58(49)50)65-57(48)35-43)64(40-21-17-37(36-61)18-22-40)42-26-29-47-45-12-7-9-15-52(45)60(3,4)54(47)34-42/h6-35H,1-4H3. The van der Waals surface area contributed by atoms with Crippen LogP contribution < -0.4 is 14.5 Å². The summed E-state index contributed by atoms with van der Waals surface area (Å²) >= 11 is 0. The van der Waals surface area contributed by atoms with E-state index < -0.39 is 0 Å². The quantitative estimate of drug-likeness (QED) is 0.157. The van der Waals surface area contributed by atoms with Crippen LogP contribution in [0.25, 0.3) is 49.0 Å². The Kier molecular flexibility index (Phi) is 8.29. The Balaban J connectivity index is 0.987. The fraction of sp³-hybridized carbons (Fsp3) is 0.100. The van der Waals surface area contributed by atoms with Gasteiger partial charge in [-0.2, -0.15) is 5.26 Å². The predicted molar refractivity (Wildman–Crippen MR) is 265 cm³/mol. The average Bonchev–Trinajstić information content (AvgIpc) is 3.71. The molecular formula is C60H42N4O. The van der Waals surface area contributed by atoms with E-state index in [4.69, 9.17) is 11.3 Å². The normalized spacial score (nSPS) is 13.9. The summed E-state index contributed by atoms with van der Waals surface area (Å²) in [5, 5.41) is 11.8. The van der Waals surface area contributed by atoms with Crippen molar-refractivity contribution in [3.8, 4) is 50.9 Å². The SMILES string of the molecule is [C-]#[N+]c1ccc(N(c2ccc3c(c2)Oc2cccc4c(N(c5ccc(C#N)cc5)c5ccc6c(c5)C(C)(C)c5ccccc5-6)ccc-3c24)c2ccc3c(c2)C(C)(C)c2ccccc2-3)cc1. The van der Waals surface area contributed by atoms with Gasteiger partial charge in [0.1, 0.15) is 11.5 Å². The lowest BCUT2D eigenvalue weighted by atomic mass is 9.82. The molecule has 12 rings (SSSR count). The molecule has 3 aliphatic rings. The minimum atomic E-state index is -0.172. The number of nitrogens with zero attached hydrogens (tertiary/aromatic N) is 4. The lowest BCUT2D eigenvalue weighted by Crippen LogP contribution is -2.17. The van der Waals surface area contributed by atoms with Gasteiger partial charge in [0.2, 0.25) is 0 Å². The van der Waals surface area contributed by atoms with Gasteiger partial charge in [0, 0.05) is 61.7 Å². The molecule has 0 amide bonds. The number of hydrogen-bond acceptors (Lipinski definition) is 4. The number of hydrogen-bond donors (Lipinski definition) is 0. The van der Waals surface area contributed by atoms with E-state index in [1.807, 2.05) is 48.5 Å². The Morgan fingerprint density at radius 3 is 1.58 bits per heavy atom. The Labute approximate surface area is 379 Å². The third-order valence-electron chi connectivity index (χ3n) is 14.1. The first-order valence-electron chi connectivity index (χ1n) is 22.1. The summed E-state index contributed by atoms with van der Waals surface area (Å²) in [6, 6.07) is 66.4. The summed E-state index contributed by atoms with van der Waals surface area (Å²) < 4.78 is 6.98. The molecule has 0 saturated heterocycles. The Morgan fingerprint density at radius 2 is 0.969 bits per heavy atom. The van der Waals surface area contributed by atoms with Crippen molar-refractivity contribution >= 4 is 50.6 Å². The van der Waals surface area contributed by atoms with Crippen LogP contribution in [0.2, 0.25) is 0 Å². The van der Waals surface area contributed by atoms with Crippen LogP contribution in [0.4, 0.5) is 39.8 Å². The van der Waals surface area contributed by atoms with E-state index in [1.54, 1.807) is 0 Å². The van der Waals surface area contributed by atoms with Gasteiger partial charge >= 0.3 is 0 Å². The minimum Gasteiger partial charge on any atom is -0.456 e. The van der Waals surface area contributed by atoms with E-state index in [0.29, 0.717) is 11.3 Å². The van der Waals surface area contributed by atoms with E-state index in [9.17, 15) is 5.26 Å². The molecular weight excluding hydrogens is 793 g/mol. The summed E-state index contributed by atoms with van der Waals surface area (Å²) in [5.41, 5.74) is 19.3. The highest BCUT2D eigenvalue weighted by Gasteiger charge is 2.37. The molecule has 308 valence electrons. The molecule has 5 nitrogen and oxygen atoms in total. The van der Waals surface area contributed by atoms with Gasteiger partial charge < -0.3 is 14.5 Å². The van der Waals surface area contributed by atoms with Crippen LogP contribution in [0.1, 0.15) is 55.5 Å². The monoisotopic (exact) mass is 834 g/mol. The Morgan fingerprint density at radius 1 is 0.462 bits per heavy atom. The third-order valence-corrected chi connectivity index (χ3v) is 14.1. The first kappa shape index (κ1) is 38.3. The van der Waals surface area contributed by atoms with Crippen molar-refractivity contribution in [3.63, 3.8) is 0 Å². The van der Waals surface area contributed by atoms with E-state index in [1.165, 1.54) is 44.5 Å². The zero-order valence-electron chi connectivity index (χ0n) is 36.5. The smallest absolute Gasteiger partial charge is 0.187 e. The van der Waals surface area contributed by atoms with Gasteiger partial charge in [-0.15, -0.1) is 0 Å². The number of benzene rings is 9. The summed E-state index contributed by atoms with van der Waals surface area (Å²) in [4.78, 5) is 8.27. The summed E-state index contributed by atoms with van der Waals surface area (Å²) in [6.45, 7) is 16.9. The summed E-state index contributed by atoms with van der Waals surface area (Å²) in [7, 11) is 0. The molecule has 0 spiro atoms. The van der Waals surface area contributed by atoms with Gasteiger partial charge in [-0.25, -0.2) is 4.85 Å². The second kappa shape index (κ2) is 14.1. The Hall–Kier alpha value is -8.38. The van der Waals surface area contributed by atoms with E-state index in [-0.39, 0.29) is 10.8 Å². The highest BCUT2D eigenvalue weighted by Crippen LogP contribution is 2.55. The first-order valence-corrected chi connectivity index (χ1v) is 22.1. The van der Waals surface area contributed by atoms with E-state index >= 15 is 0 Å². The summed E-state index contributed by atoms with van der Waals surface area (Å²) in [6.07, 6.45) is 0. The Bertz CT molecular complexity index is 3550. The van der Waals surface area contributed by atoms with Crippen molar-refractivity contribution < 1.29 is 4.74 Å². The molecule has 1 heterocycles. The highest BCUT2D eigenvalue weighted by molar-refractivity contribution is 6.11. The molecule has 0 radical (unpaired) electrons. The molecule has 9 aromatic carbocycles. The number of rotatable bonds is 6. The molecule has 0 aromatic heterocycles. The fourth-order valence-electron chi connectivity index (χ4n) is 10.8. The molecule has 65 heavy (non-hydrogen) atoms. The lowest BCUT2D eigenvalue weighted by molar-refractivity contribution is 0.487. The average molecular weight is 835 g/mol. The van der Waals surface area contributed by atoms with Gasteiger partial charge in [0.05, 0.1) is 23.9 Å². The van der Waals surface area contributed by atoms with Crippen molar-refractivity contribution in [1.82, 2.24) is 0 Å². The predicted octanol–water partition coefficient (Wildman–Crippen LogP) is 16.6. The van der Waals surface area contributed by atoms with Gasteiger partial charge in [-0.05, 0) is 135 Å². The number of ether oxygens (including phenoxy) is 1. The maximum absolute atomic E-state index is 9.74. The second-order valence-electron chi connectivity index (χ2n) is 18.4. The molecule has 0 fully saturated rings. The number of fused-ring (bicyclic) bond motifs is 8. The molecule has 0 N–H and O–H groups in total. The van der Waals surface area contributed by atoms with Gasteiger partial charge in [-0.1, -0.05) is 119 Å². The molecule has 0 saturated carbocycles. The van der Waals surface area contributed by atoms with E-state index in [0.717, 1.165) is 67.5 Å². The van der Waals surface area contributed by atoms with Crippen molar-refractivity contribution in [1.29, 1.82) is 5.26 Å². The van der Waals surface area contributed by atoms with Crippen LogP contribution in [0, 0.1) is 17.9 Å². The zero-order chi connectivity index (χ0) is 44.2. The number of anilines is 6. The molecule has 1 aliphatic heterocycles. The molecule has 5 heteroatoms. The fourth-order valence-corrected chi connectivity index (χ4v) is 10.8. The summed E-state index contributed by atoms with van der Waals surface area (Å²) in [5.74, 6) is 1.57. The first-order chi connectivity index (χ1) is 31.6. The van der Waals surface area contributed by atoms with Crippen molar-refractivity contribution in [2.24, 2.45) is 0 Å². The van der Waals surface area contributed by atoms with Crippen molar-refractivity contribution in [2.45, 2.75) is 38.5 Å². The van der Waals surface area contributed by atoms with Crippen LogP contribution in [0.5, 0.6) is 11.5 Å². The molecule has 0 atom stereocenters. The van der Waals surface area contributed by atoms with Gasteiger partial charge in [-0.3, -0.25) is 0 Å². The van der Waals surface area contributed by atoms with Crippen LogP contribution in [-0.4, -0.2) is 0 Å². The zero-order valence-corrected chi connectivity index (χ0v) is 36.5. The maximum Gasteiger partial charge on any atom is 0.187 e. The van der Waals surface area contributed by atoms with Crippen molar-refractivity contribution in [2.75, 3.05) is 9.80 Å². The number of nitriles is 1. The van der Waals surface area contributed by atoms with E-state index in [2.05, 4.69) is 182 Å². The third kappa shape index (κ3) is 5.69. The molecule has 9 aromatic rings. The van der Waals surface area contributed by atoms with Crippen LogP contribution in [0.3, 0.4) is 0 Å². The molecule has 0 unspecified atom stereocenters. The van der Waals surface area contributed by atoms with Gasteiger partial charge in [0.25, 0.3) is 0 Å². The van der Waals surface area contributed by atoms with Crippen LogP contribution in [0.15, 0.2) is 182 Å². The molecule has 0 bridgehead atoms. The van der Waals surface area contributed by atoms with Gasteiger partial charge in [0.15, 0.2) is 5.69 Å².